The maximum atomic E-state index is 5.88. The molecular weight excluding hydrogens is 416 g/mol. The van der Waals surface area contributed by atoms with E-state index in [1.165, 1.54) is 41.5 Å². The van der Waals surface area contributed by atoms with E-state index in [0.717, 1.165) is 38.0 Å². The van der Waals surface area contributed by atoms with Gasteiger partial charge in [-0.3, -0.25) is 5.01 Å². The minimum atomic E-state index is 0.362. The minimum Gasteiger partial charge on any atom is -0.379 e. The standard InChI is InChI=1S/C31H40N2O/c1-4-6-10-24-34-26(3)12-8-7-9-13-28-16-20-31(21-17-28)33-23-22-30(25-32-33)29-18-14-27(11-5-2)15-19-29/h5,9,13-23,25-26,32H,2,4,6-8,10-12,24H2,1,3H3. The van der Waals surface area contributed by atoms with Crippen molar-refractivity contribution < 1.29 is 4.74 Å². The maximum absolute atomic E-state index is 5.88. The van der Waals surface area contributed by atoms with Crippen LogP contribution in [0.3, 0.4) is 0 Å². The molecule has 180 valence electrons. The van der Waals surface area contributed by atoms with Crippen LogP contribution < -0.4 is 10.4 Å². The van der Waals surface area contributed by atoms with Gasteiger partial charge >= 0.3 is 0 Å². The largest absolute Gasteiger partial charge is 0.379 e. The van der Waals surface area contributed by atoms with E-state index >= 15 is 0 Å². The number of benzene rings is 2. The number of hydrogen-bond donors (Lipinski definition) is 1. The number of rotatable bonds is 14. The quantitative estimate of drug-likeness (QED) is 0.230. The molecule has 2 aromatic carbocycles. The summed E-state index contributed by atoms with van der Waals surface area (Å²) in [5.74, 6) is 0. The summed E-state index contributed by atoms with van der Waals surface area (Å²) in [5.41, 5.74) is 9.36. The number of anilines is 1. The van der Waals surface area contributed by atoms with Crippen LogP contribution in [0.5, 0.6) is 0 Å². The van der Waals surface area contributed by atoms with Crippen LogP contribution in [0, 0.1) is 0 Å². The number of nitrogens with one attached hydrogen (secondary N) is 1. The van der Waals surface area contributed by atoms with Gasteiger partial charge in [-0.1, -0.05) is 74.4 Å². The first kappa shape index (κ1) is 25.6. The zero-order chi connectivity index (χ0) is 24.0. The van der Waals surface area contributed by atoms with Gasteiger partial charge in [0.1, 0.15) is 0 Å². The zero-order valence-corrected chi connectivity index (χ0v) is 20.9. The summed E-state index contributed by atoms with van der Waals surface area (Å²) in [7, 11) is 0. The van der Waals surface area contributed by atoms with Crippen molar-refractivity contribution in [3.8, 4) is 0 Å². The number of unbranched alkanes of at least 4 members (excludes halogenated alkanes) is 3. The SMILES string of the molecule is C=CCc1ccc(C2=CNN(c3ccc(C=CCCCC(C)OCCCCC)cc3)C=C2)cc1. The highest BCUT2D eigenvalue weighted by Gasteiger charge is 2.08. The van der Waals surface area contributed by atoms with E-state index in [-0.39, 0.29) is 0 Å². The van der Waals surface area contributed by atoms with Crippen molar-refractivity contribution >= 4 is 17.3 Å². The molecule has 1 heterocycles. The van der Waals surface area contributed by atoms with E-state index in [1.54, 1.807) is 0 Å². The molecule has 0 saturated heterocycles. The maximum Gasteiger partial charge on any atom is 0.0623 e. The van der Waals surface area contributed by atoms with Crippen molar-refractivity contribution in [3.05, 3.63) is 102 Å². The van der Waals surface area contributed by atoms with Crippen molar-refractivity contribution in [3.63, 3.8) is 0 Å². The fourth-order valence-corrected chi connectivity index (χ4v) is 3.93. The highest BCUT2D eigenvalue weighted by Crippen LogP contribution is 2.22. The average molecular weight is 457 g/mol. The highest BCUT2D eigenvalue weighted by atomic mass is 16.5. The van der Waals surface area contributed by atoms with Gasteiger partial charge in [0.05, 0.1) is 11.8 Å². The van der Waals surface area contributed by atoms with Crippen molar-refractivity contribution in [1.82, 2.24) is 5.43 Å². The third-order valence-corrected chi connectivity index (χ3v) is 6.04. The third-order valence-electron chi connectivity index (χ3n) is 6.04. The highest BCUT2D eigenvalue weighted by molar-refractivity contribution is 5.76. The summed E-state index contributed by atoms with van der Waals surface area (Å²) in [6, 6.07) is 17.3. The van der Waals surface area contributed by atoms with Crippen molar-refractivity contribution in [2.75, 3.05) is 11.6 Å². The van der Waals surface area contributed by atoms with Crippen LogP contribution in [-0.4, -0.2) is 12.7 Å². The Hall–Kier alpha value is -3.04. The second-order valence-electron chi connectivity index (χ2n) is 8.92. The summed E-state index contributed by atoms with van der Waals surface area (Å²) in [4.78, 5) is 0. The van der Waals surface area contributed by atoms with Crippen LogP contribution in [0.4, 0.5) is 5.69 Å². The molecule has 0 saturated carbocycles. The van der Waals surface area contributed by atoms with E-state index in [0.29, 0.717) is 6.10 Å². The molecule has 0 amide bonds. The van der Waals surface area contributed by atoms with Gasteiger partial charge in [-0.15, -0.1) is 6.58 Å². The van der Waals surface area contributed by atoms with Crippen molar-refractivity contribution in [2.24, 2.45) is 0 Å². The summed E-state index contributed by atoms with van der Waals surface area (Å²) in [6.07, 6.45) is 21.0. The lowest BCUT2D eigenvalue weighted by Gasteiger charge is -2.24. The summed E-state index contributed by atoms with van der Waals surface area (Å²) >= 11 is 0. The van der Waals surface area contributed by atoms with Crippen LogP contribution in [-0.2, 0) is 11.2 Å². The first-order valence-electron chi connectivity index (χ1n) is 12.7. The van der Waals surface area contributed by atoms with Gasteiger partial charge in [0, 0.05) is 24.6 Å². The van der Waals surface area contributed by atoms with E-state index in [2.05, 4.69) is 98.8 Å². The van der Waals surface area contributed by atoms with Gasteiger partial charge in [-0.25, -0.2) is 0 Å². The van der Waals surface area contributed by atoms with Crippen LogP contribution in [0.25, 0.3) is 11.6 Å². The van der Waals surface area contributed by atoms with E-state index in [1.807, 2.05) is 17.3 Å². The number of hydrogen-bond acceptors (Lipinski definition) is 3. The molecule has 0 fully saturated rings. The molecule has 3 nitrogen and oxygen atoms in total. The lowest BCUT2D eigenvalue weighted by Crippen LogP contribution is -2.30. The van der Waals surface area contributed by atoms with Gasteiger partial charge in [0.25, 0.3) is 0 Å². The Balaban J connectivity index is 1.41. The topological polar surface area (TPSA) is 24.5 Å². The van der Waals surface area contributed by atoms with Gasteiger partial charge in [0.2, 0.25) is 0 Å². The molecule has 1 unspecified atom stereocenters. The fourth-order valence-electron chi connectivity index (χ4n) is 3.93. The first-order chi connectivity index (χ1) is 16.7. The Kier molecular flexibility index (Phi) is 10.7. The van der Waals surface area contributed by atoms with E-state index < -0.39 is 0 Å². The molecule has 0 bridgehead atoms. The van der Waals surface area contributed by atoms with Crippen LogP contribution in [0.1, 0.15) is 69.1 Å². The molecule has 0 aromatic heterocycles. The second-order valence-corrected chi connectivity index (χ2v) is 8.92. The van der Waals surface area contributed by atoms with Crippen molar-refractivity contribution in [2.45, 2.75) is 64.9 Å². The van der Waals surface area contributed by atoms with Gasteiger partial charge in [-0.05, 0) is 73.9 Å². The molecule has 3 heteroatoms. The third kappa shape index (κ3) is 8.39. The summed E-state index contributed by atoms with van der Waals surface area (Å²) in [5, 5.41) is 2.03. The lowest BCUT2D eigenvalue weighted by atomic mass is 10.0. The Morgan fingerprint density at radius 2 is 1.82 bits per heavy atom. The van der Waals surface area contributed by atoms with Crippen molar-refractivity contribution in [1.29, 1.82) is 0 Å². The molecule has 0 aliphatic carbocycles. The smallest absolute Gasteiger partial charge is 0.0623 e. The Morgan fingerprint density at radius 3 is 2.50 bits per heavy atom. The number of hydrazine groups is 1. The number of nitrogens with zero attached hydrogens (tertiary/aromatic N) is 1. The molecule has 1 N–H and O–H groups in total. The Labute approximate surface area is 206 Å². The monoisotopic (exact) mass is 456 g/mol. The molecule has 34 heavy (non-hydrogen) atoms. The minimum absolute atomic E-state index is 0.362. The Morgan fingerprint density at radius 1 is 1.03 bits per heavy atom. The predicted molar refractivity (Wildman–Crippen MR) is 147 cm³/mol. The van der Waals surface area contributed by atoms with Gasteiger partial charge < -0.3 is 10.2 Å². The normalized spacial score (nSPS) is 14.2. The zero-order valence-electron chi connectivity index (χ0n) is 20.9. The summed E-state index contributed by atoms with van der Waals surface area (Å²) in [6.45, 7) is 9.12. The number of allylic oxidation sites excluding steroid dienone is 4. The first-order valence-corrected chi connectivity index (χ1v) is 12.7. The lowest BCUT2D eigenvalue weighted by molar-refractivity contribution is 0.0566. The molecule has 3 rings (SSSR count). The Bertz CT molecular complexity index is 954. The van der Waals surface area contributed by atoms with Crippen LogP contribution >= 0.6 is 0 Å². The van der Waals surface area contributed by atoms with Gasteiger partial charge in [-0.2, -0.15) is 0 Å². The molecule has 1 atom stereocenters. The predicted octanol–water partition coefficient (Wildman–Crippen LogP) is 8.07. The van der Waals surface area contributed by atoms with Gasteiger partial charge in [0.15, 0.2) is 0 Å². The molecule has 1 aliphatic rings. The van der Waals surface area contributed by atoms with Crippen LogP contribution in [0.15, 0.2) is 85.7 Å². The van der Waals surface area contributed by atoms with E-state index in [4.69, 9.17) is 4.74 Å². The molecule has 0 spiro atoms. The summed E-state index contributed by atoms with van der Waals surface area (Å²) < 4.78 is 5.88. The average Bonchev–Trinajstić information content (AvgIpc) is 2.88. The van der Waals surface area contributed by atoms with Crippen LogP contribution in [0.2, 0.25) is 0 Å². The molecule has 0 radical (unpaired) electrons. The molecule has 2 aromatic rings. The second kappa shape index (κ2) is 14.3. The number of ether oxygens (including phenoxy) is 1. The van der Waals surface area contributed by atoms with E-state index in [9.17, 15) is 0 Å². The molecular formula is C31H40N2O. The molecule has 1 aliphatic heterocycles. The fraction of sp³-hybridized carbons (Fsp3) is 0.355.